The molecule has 0 rings (SSSR count). The minimum atomic E-state index is -10.7. The van der Waals surface area contributed by atoms with Gasteiger partial charge in [-0.05, 0) is 49.4 Å². The molecule has 0 saturated heterocycles. The van der Waals surface area contributed by atoms with Crippen LogP contribution in [-0.2, 0) is 10.9 Å². The van der Waals surface area contributed by atoms with Gasteiger partial charge in [-0.25, -0.2) is 0 Å². The van der Waals surface area contributed by atoms with Crippen molar-refractivity contribution in [2.24, 2.45) is 0 Å². The van der Waals surface area contributed by atoms with Crippen LogP contribution in [-0.4, -0.2) is 17.3 Å². The van der Waals surface area contributed by atoms with Gasteiger partial charge in [-0.15, -0.1) is 0 Å². The van der Waals surface area contributed by atoms with Crippen LogP contribution in [0, 0.1) is 0 Å². The Morgan fingerprint density at radius 3 is 0.867 bits per heavy atom. The van der Waals surface area contributed by atoms with E-state index in [0.717, 1.165) is 10.9 Å². The molecule has 0 N–H and O–H groups in total. The van der Waals surface area contributed by atoms with Crippen molar-refractivity contribution in [2.45, 2.75) is 124 Å². The summed E-state index contributed by atoms with van der Waals surface area (Å²) in [5.41, 5.74) is 0. The molecule has 30 heavy (non-hydrogen) atoms. The van der Waals surface area contributed by atoms with Crippen molar-refractivity contribution in [3.05, 3.63) is 0 Å². The van der Waals surface area contributed by atoms with E-state index in [1.807, 2.05) is 0 Å². The molecule has 8 heteroatoms. The Hall–Kier alpha value is 0.360. The zero-order chi connectivity index (χ0) is 23.4. The van der Waals surface area contributed by atoms with E-state index in [0.29, 0.717) is 0 Å². The predicted octanol–water partition coefficient (Wildman–Crippen LogP) is 11.3. The van der Waals surface area contributed by atoms with Crippen LogP contribution < -0.4 is 0 Å². The Bertz CT molecular complexity index is 348. The van der Waals surface area contributed by atoms with E-state index in [9.17, 15) is 25.2 Å². The van der Waals surface area contributed by atoms with E-state index < -0.39 is 7.81 Å². The van der Waals surface area contributed by atoms with Gasteiger partial charge in [0.25, 0.3) is 0 Å². The fourth-order valence-corrected chi connectivity index (χ4v) is 5.66. The SMILES string of the molecule is CCCCCCCCCC[S+](CCCCCC)CCCCCC.F[P-](F)(F)(F)(F)F. The molecule has 0 aliphatic heterocycles. The van der Waals surface area contributed by atoms with Gasteiger partial charge in [-0.3, -0.25) is 0 Å². The summed E-state index contributed by atoms with van der Waals surface area (Å²) in [4.78, 5) is 0. The van der Waals surface area contributed by atoms with E-state index in [1.165, 1.54) is 103 Å². The third kappa shape index (κ3) is 42.5. The topological polar surface area (TPSA) is 0 Å². The standard InChI is InChI=1S/C22H47S.F6P/c1-4-7-10-13-14-15-16-19-22-23(20-17-11-8-5-2)21-18-12-9-6-3;1-7(2,3,4,5)6/h4-22H2,1-3H3;/q+1;-1. The number of rotatable bonds is 19. The molecule has 188 valence electrons. The van der Waals surface area contributed by atoms with E-state index >= 15 is 0 Å². The van der Waals surface area contributed by atoms with Gasteiger partial charge >= 0.3 is 33.0 Å². The summed E-state index contributed by atoms with van der Waals surface area (Å²) in [6, 6.07) is 0. The number of unbranched alkanes of at least 4 members (excludes halogenated alkanes) is 13. The molecule has 0 radical (unpaired) electrons. The summed E-state index contributed by atoms with van der Waals surface area (Å²) in [6.45, 7) is 6.96. The van der Waals surface area contributed by atoms with Crippen LogP contribution in [0.15, 0.2) is 0 Å². The molecule has 0 saturated carbocycles. The van der Waals surface area contributed by atoms with Crippen LogP contribution in [0.3, 0.4) is 0 Å². The summed E-state index contributed by atoms with van der Waals surface area (Å²) in [6.07, 6.45) is 23.4. The normalized spacial score (nSPS) is 14.2. The Kier molecular flexibility index (Phi) is 18.3. The average molecular weight is 489 g/mol. The van der Waals surface area contributed by atoms with Crippen molar-refractivity contribution < 1.29 is 25.2 Å². The minimum absolute atomic E-state index is 0.758. The second kappa shape index (κ2) is 16.9. The second-order valence-corrected chi connectivity index (χ2v) is 12.6. The zero-order valence-electron chi connectivity index (χ0n) is 19.6. The first-order valence-corrected chi connectivity index (χ1v) is 15.8. The molecule has 0 amide bonds. The Morgan fingerprint density at radius 2 is 0.600 bits per heavy atom. The second-order valence-electron chi connectivity index (χ2n) is 8.28. The van der Waals surface area contributed by atoms with Gasteiger partial charge in [0.15, 0.2) is 0 Å². The Morgan fingerprint density at radius 1 is 0.400 bits per heavy atom. The number of hydrogen-bond donors (Lipinski definition) is 0. The molecule has 0 nitrogen and oxygen atoms in total. The van der Waals surface area contributed by atoms with E-state index in [2.05, 4.69) is 20.8 Å². The van der Waals surface area contributed by atoms with Crippen LogP contribution in [0.4, 0.5) is 25.2 Å². The third-order valence-corrected chi connectivity index (χ3v) is 7.46. The summed E-state index contributed by atoms with van der Waals surface area (Å²) in [7, 11) is -9.90. The molecule has 0 unspecified atom stereocenters. The van der Waals surface area contributed by atoms with Crippen LogP contribution >= 0.6 is 7.81 Å². The monoisotopic (exact) mass is 488 g/mol. The maximum atomic E-state index is 9.87. The predicted molar refractivity (Wildman–Crippen MR) is 126 cm³/mol. The van der Waals surface area contributed by atoms with Crippen molar-refractivity contribution in [1.82, 2.24) is 0 Å². The van der Waals surface area contributed by atoms with Crippen molar-refractivity contribution in [1.29, 1.82) is 0 Å². The van der Waals surface area contributed by atoms with E-state index in [4.69, 9.17) is 0 Å². The molecule has 0 aromatic rings. The fourth-order valence-electron chi connectivity index (χ4n) is 3.21. The molecule has 0 aliphatic rings. The molecule has 0 aromatic heterocycles. The molecule has 0 aliphatic carbocycles. The summed E-state index contributed by atoms with van der Waals surface area (Å²) in [5.74, 6) is 4.64. The number of hydrogen-bond acceptors (Lipinski definition) is 0. The average Bonchev–Trinajstić information content (AvgIpc) is 2.61. The first-order valence-electron chi connectivity index (χ1n) is 12.0. The van der Waals surface area contributed by atoms with Gasteiger partial charge < -0.3 is 0 Å². The van der Waals surface area contributed by atoms with Gasteiger partial charge in [0.05, 0.1) is 0 Å². The third-order valence-electron chi connectivity index (χ3n) is 4.86. The van der Waals surface area contributed by atoms with Gasteiger partial charge in [-0.2, -0.15) is 0 Å². The summed E-state index contributed by atoms with van der Waals surface area (Å²) >= 11 is 0. The van der Waals surface area contributed by atoms with Gasteiger partial charge in [0.2, 0.25) is 0 Å². The van der Waals surface area contributed by atoms with Gasteiger partial charge in [0, 0.05) is 0 Å². The molecular formula is C22H47F6PS. The Labute approximate surface area is 184 Å². The van der Waals surface area contributed by atoms with Crippen molar-refractivity contribution >= 4 is 18.7 Å². The van der Waals surface area contributed by atoms with Gasteiger partial charge in [0.1, 0.15) is 17.3 Å². The van der Waals surface area contributed by atoms with Crippen molar-refractivity contribution in [2.75, 3.05) is 17.3 Å². The maximum absolute atomic E-state index is 10.7. The quantitative estimate of drug-likeness (QED) is 0.0734. The molecule has 0 aromatic carbocycles. The zero-order valence-corrected chi connectivity index (χ0v) is 21.3. The first-order chi connectivity index (χ1) is 13.8. The molecule has 0 spiro atoms. The van der Waals surface area contributed by atoms with Crippen LogP contribution in [0.2, 0.25) is 0 Å². The summed E-state index contributed by atoms with van der Waals surface area (Å²) < 4.78 is 59.2. The van der Waals surface area contributed by atoms with Crippen LogP contribution in [0.5, 0.6) is 0 Å². The van der Waals surface area contributed by atoms with E-state index in [1.54, 1.807) is 17.3 Å². The van der Waals surface area contributed by atoms with Gasteiger partial charge in [-0.1, -0.05) is 85.0 Å². The van der Waals surface area contributed by atoms with Crippen molar-refractivity contribution in [3.63, 3.8) is 0 Å². The molecule has 0 heterocycles. The Balaban J connectivity index is 0. The molecule has 0 atom stereocenters. The number of halogens is 6. The summed E-state index contributed by atoms with van der Waals surface area (Å²) in [5, 5.41) is 0. The molecule has 0 bridgehead atoms. The van der Waals surface area contributed by atoms with Crippen molar-refractivity contribution in [3.8, 4) is 0 Å². The molecular weight excluding hydrogens is 441 g/mol. The first kappa shape index (κ1) is 32.5. The van der Waals surface area contributed by atoms with E-state index in [-0.39, 0.29) is 0 Å². The fraction of sp³-hybridized carbons (Fsp3) is 1.00. The van der Waals surface area contributed by atoms with Crippen LogP contribution in [0.1, 0.15) is 124 Å². The van der Waals surface area contributed by atoms with Crippen LogP contribution in [0.25, 0.3) is 0 Å². The molecule has 0 fully saturated rings.